The van der Waals surface area contributed by atoms with Crippen LogP contribution in [-0.2, 0) is 17.8 Å². The Kier molecular flexibility index (Phi) is 8.13. The SMILES string of the molecule is CC(=O)N1C[C@@H](NC(=O)c2cc3cc(Cl)ccc3[nH]2)[C@H](NC(=O)c2nc3c(s2)CN(C(C)C)CC3)C1.Cl. The molecule has 0 spiro atoms. The fourth-order valence-electron chi connectivity index (χ4n) is 4.81. The molecule has 3 aromatic rings. The van der Waals surface area contributed by atoms with Crippen LogP contribution in [0.15, 0.2) is 24.3 Å². The highest BCUT2D eigenvalue weighted by Gasteiger charge is 2.37. The molecule has 3 amide bonds. The van der Waals surface area contributed by atoms with E-state index in [4.69, 9.17) is 11.6 Å². The van der Waals surface area contributed by atoms with E-state index in [1.807, 2.05) is 6.07 Å². The van der Waals surface area contributed by atoms with Gasteiger partial charge in [0, 0.05) is 66.4 Å². The number of nitrogens with zero attached hydrogens (tertiary/aromatic N) is 3. The van der Waals surface area contributed by atoms with Gasteiger partial charge in [0.2, 0.25) is 5.91 Å². The van der Waals surface area contributed by atoms with Crippen LogP contribution in [0.5, 0.6) is 0 Å². The predicted molar refractivity (Wildman–Crippen MR) is 147 cm³/mol. The molecule has 5 rings (SSSR count). The molecule has 3 N–H and O–H groups in total. The minimum Gasteiger partial charge on any atom is -0.351 e. The van der Waals surface area contributed by atoms with Crippen LogP contribution in [-0.4, -0.2) is 75.2 Å². The number of aromatic amines is 1. The van der Waals surface area contributed by atoms with Gasteiger partial charge >= 0.3 is 0 Å². The van der Waals surface area contributed by atoms with Gasteiger partial charge in [-0.05, 0) is 38.1 Å². The highest BCUT2D eigenvalue weighted by Crippen LogP contribution is 2.27. The van der Waals surface area contributed by atoms with Crippen molar-refractivity contribution in [3.8, 4) is 0 Å². The van der Waals surface area contributed by atoms with Crippen LogP contribution in [0.3, 0.4) is 0 Å². The van der Waals surface area contributed by atoms with Gasteiger partial charge in [0.05, 0.1) is 17.8 Å². The fraction of sp³-hybridized carbons (Fsp3) is 0.440. The molecule has 2 aliphatic heterocycles. The number of rotatable bonds is 5. The number of nitrogens with one attached hydrogen (secondary N) is 3. The van der Waals surface area contributed by atoms with Crippen LogP contribution in [0.2, 0.25) is 5.02 Å². The van der Waals surface area contributed by atoms with Crippen molar-refractivity contribution in [1.82, 2.24) is 30.4 Å². The monoisotopic (exact) mass is 564 g/mol. The first-order valence-electron chi connectivity index (χ1n) is 12.1. The lowest BCUT2D eigenvalue weighted by Crippen LogP contribution is -2.51. The molecule has 9 nitrogen and oxygen atoms in total. The van der Waals surface area contributed by atoms with Gasteiger partial charge in [-0.2, -0.15) is 0 Å². The average Bonchev–Trinajstić information content (AvgIpc) is 3.54. The summed E-state index contributed by atoms with van der Waals surface area (Å²) < 4.78 is 0. The number of carbonyl (C=O) groups is 3. The first-order valence-corrected chi connectivity index (χ1v) is 13.3. The molecule has 0 aliphatic carbocycles. The Morgan fingerprint density at radius 2 is 1.84 bits per heavy atom. The quantitative estimate of drug-likeness (QED) is 0.440. The number of H-pyrrole nitrogens is 1. The number of benzene rings is 1. The lowest BCUT2D eigenvalue weighted by atomic mass is 10.1. The van der Waals surface area contributed by atoms with Crippen LogP contribution < -0.4 is 10.6 Å². The average molecular weight is 566 g/mol. The number of thiazole rings is 1. The summed E-state index contributed by atoms with van der Waals surface area (Å²) in [4.78, 5) is 51.1. The number of halogens is 2. The van der Waals surface area contributed by atoms with Crippen molar-refractivity contribution in [3.05, 3.63) is 50.6 Å². The minimum atomic E-state index is -0.439. The number of likely N-dealkylation sites (tertiary alicyclic amines) is 1. The van der Waals surface area contributed by atoms with Gasteiger partial charge < -0.3 is 20.5 Å². The molecule has 12 heteroatoms. The maximum absolute atomic E-state index is 13.1. The molecule has 0 bridgehead atoms. The Balaban J connectivity index is 0.00000320. The van der Waals surface area contributed by atoms with Crippen molar-refractivity contribution in [2.75, 3.05) is 19.6 Å². The van der Waals surface area contributed by atoms with E-state index in [2.05, 4.69) is 39.3 Å². The van der Waals surface area contributed by atoms with E-state index in [1.54, 1.807) is 23.1 Å². The topological polar surface area (TPSA) is 110 Å². The van der Waals surface area contributed by atoms with Crippen LogP contribution in [0, 0.1) is 0 Å². The molecule has 2 aromatic heterocycles. The number of amides is 3. The zero-order valence-electron chi connectivity index (χ0n) is 20.8. The van der Waals surface area contributed by atoms with E-state index < -0.39 is 12.1 Å². The smallest absolute Gasteiger partial charge is 0.280 e. The van der Waals surface area contributed by atoms with Crippen molar-refractivity contribution in [1.29, 1.82) is 0 Å². The lowest BCUT2D eigenvalue weighted by molar-refractivity contribution is -0.127. The maximum Gasteiger partial charge on any atom is 0.280 e. The molecule has 0 radical (unpaired) electrons. The van der Waals surface area contributed by atoms with Crippen LogP contribution in [0.4, 0.5) is 0 Å². The van der Waals surface area contributed by atoms with Crippen molar-refractivity contribution in [3.63, 3.8) is 0 Å². The number of aromatic nitrogens is 2. The maximum atomic E-state index is 13.1. The Bertz CT molecular complexity index is 1340. The van der Waals surface area contributed by atoms with Gasteiger partial charge in [0.15, 0.2) is 5.01 Å². The highest BCUT2D eigenvalue weighted by molar-refractivity contribution is 7.13. The zero-order chi connectivity index (χ0) is 25.6. The molecule has 0 unspecified atom stereocenters. The minimum absolute atomic E-state index is 0. The highest BCUT2D eigenvalue weighted by atomic mass is 35.5. The molecular formula is C25H30Cl2N6O3S. The molecule has 4 heterocycles. The number of carbonyl (C=O) groups excluding carboxylic acids is 3. The third kappa shape index (κ3) is 5.77. The van der Waals surface area contributed by atoms with E-state index >= 15 is 0 Å². The summed E-state index contributed by atoms with van der Waals surface area (Å²) in [5.74, 6) is -0.694. The van der Waals surface area contributed by atoms with Gasteiger partial charge in [0.1, 0.15) is 5.69 Å². The van der Waals surface area contributed by atoms with E-state index in [1.165, 1.54) is 18.3 Å². The zero-order valence-corrected chi connectivity index (χ0v) is 23.2. The predicted octanol–water partition coefficient (Wildman–Crippen LogP) is 3.23. The summed E-state index contributed by atoms with van der Waals surface area (Å²) in [6.45, 7) is 8.18. The Hall–Kier alpha value is -2.66. The first-order chi connectivity index (χ1) is 17.2. The summed E-state index contributed by atoms with van der Waals surface area (Å²) in [6, 6.07) is 6.66. The molecule has 198 valence electrons. The van der Waals surface area contributed by atoms with Crippen LogP contribution >= 0.6 is 35.3 Å². The van der Waals surface area contributed by atoms with Crippen molar-refractivity contribution < 1.29 is 14.4 Å². The van der Waals surface area contributed by atoms with Crippen molar-refractivity contribution in [2.45, 2.75) is 51.9 Å². The Morgan fingerprint density at radius 1 is 1.14 bits per heavy atom. The molecule has 1 fully saturated rings. The molecular weight excluding hydrogens is 535 g/mol. The first kappa shape index (κ1) is 27.4. The van der Waals surface area contributed by atoms with Gasteiger partial charge in [-0.1, -0.05) is 11.6 Å². The molecule has 0 saturated carbocycles. The van der Waals surface area contributed by atoms with Gasteiger partial charge in [-0.25, -0.2) is 4.98 Å². The van der Waals surface area contributed by atoms with E-state index in [0.29, 0.717) is 34.9 Å². The normalized spacial score (nSPS) is 19.5. The molecule has 1 saturated heterocycles. The van der Waals surface area contributed by atoms with Crippen molar-refractivity contribution in [2.24, 2.45) is 0 Å². The van der Waals surface area contributed by atoms with Crippen LogP contribution in [0.1, 0.15) is 51.6 Å². The molecule has 2 atom stereocenters. The number of hydrogen-bond acceptors (Lipinski definition) is 6. The second-order valence-electron chi connectivity index (χ2n) is 9.70. The van der Waals surface area contributed by atoms with E-state index in [9.17, 15) is 14.4 Å². The van der Waals surface area contributed by atoms with Gasteiger partial charge in [0.25, 0.3) is 11.8 Å². The van der Waals surface area contributed by atoms with Crippen LogP contribution in [0.25, 0.3) is 10.9 Å². The molecule has 37 heavy (non-hydrogen) atoms. The fourth-order valence-corrected chi connectivity index (χ4v) is 6.03. The number of hydrogen-bond donors (Lipinski definition) is 3. The lowest BCUT2D eigenvalue weighted by Gasteiger charge is -2.29. The summed E-state index contributed by atoms with van der Waals surface area (Å²) in [5.41, 5.74) is 2.18. The van der Waals surface area contributed by atoms with Gasteiger partial charge in [-0.15, -0.1) is 23.7 Å². The largest absolute Gasteiger partial charge is 0.351 e. The van der Waals surface area contributed by atoms with Crippen molar-refractivity contribution >= 4 is 64.0 Å². The second kappa shape index (κ2) is 11.0. The molecule has 1 aromatic carbocycles. The number of fused-ring (bicyclic) bond motifs is 2. The Morgan fingerprint density at radius 3 is 2.51 bits per heavy atom. The summed E-state index contributed by atoms with van der Waals surface area (Å²) in [7, 11) is 0. The molecule has 2 aliphatic rings. The Labute approximate surface area is 230 Å². The standard InChI is InChI=1S/C25H29ClN6O3S.ClH/c1-13(2)31-7-6-18-22(12-31)36-25(30-18)24(35)29-21-11-32(14(3)33)10-20(21)28-23(34)19-9-15-8-16(26)4-5-17(15)27-19;/h4-5,8-9,13,20-21,27H,6-7,10-12H2,1-3H3,(H,28,34)(H,29,35);1H/t20-,21-;/m1./s1. The summed E-state index contributed by atoms with van der Waals surface area (Å²) >= 11 is 7.49. The van der Waals surface area contributed by atoms with E-state index in [-0.39, 0.29) is 30.1 Å². The van der Waals surface area contributed by atoms with Gasteiger partial charge in [-0.3, -0.25) is 19.3 Å². The second-order valence-corrected chi connectivity index (χ2v) is 11.2. The summed E-state index contributed by atoms with van der Waals surface area (Å²) in [6.07, 6.45) is 0.827. The third-order valence-electron chi connectivity index (χ3n) is 6.91. The van der Waals surface area contributed by atoms with E-state index in [0.717, 1.165) is 41.0 Å². The third-order valence-corrected chi connectivity index (χ3v) is 8.23. The summed E-state index contributed by atoms with van der Waals surface area (Å²) in [5, 5.41) is 7.86.